The molecule has 0 aromatic heterocycles. The Morgan fingerprint density at radius 1 is 0.309 bits per heavy atom. The number of amides is 1. The molecule has 4 nitrogen and oxygen atoms in total. The molecule has 2 unspecified atom stereocenters. The Kier molecular flexibility index (Phi) is 68.2. The van der Waals surface area contributed by atoms with Crippen LogP contribution in [0.5, 0.6) is 0 Å². The Labute approximate surface area is 505 Å². The van der Waals surface area contributed by atoms with Crippen LogP contribution in [0.15, 0.2) is 122 Å². The maximum atomic E-state index is 12.5. The zero-order valence-corrected chi connectivity index (χ0v) is 53.8. The molecule has 0 aromatic carbocycles. The summed E-state index contributed by atoms with van der Waals surface area (Å²) in [5.74, 6) is -0.0677. The fourth-order valence-electron chi connectivity index (χ4n) is 10.4. The van der Waals surface area contributed by atoms with E-state index in [0.29, 0.717) is 6.42 Å². The first-order chi connectivity index (χ1) is 40.2. The Hall–Kier alpha value is -3.21. The highest BCUT2D eigenvalue weighted by molar-refractivity contribution is 5.76. The third-order valence-electron chi connectivity index (χ3n) is 15.7. The summed E-state index contributed by atoms with van der Waals surface area (Å²) in [6, 6.07) is -0.633. The molecule has 466 valence electrons. The van der Waals surface area contributed by atoms with Gasteiger partial charge in [-0.2, -0.15) is 0 Å². The molecule has 2 atom stereocenters. The van der Waals surface area contributed by atoms with Gasteiger partial charge in [-0.3, -0.25) is 4.79 Å². The van der Waals surface area contributed by atoms with Crippen molar-refractivity contribution in [2.24, 2.45) is 0 Å². The fraction of sp³-hybridized carbons (Fsp3) is 0.727. The molecule has 0 saturated carbocycles. The van der Waals surface area contributed by atoms with E-state index in [-0.39, 0.29) is 12.5 Å². The largest absolute Gasteiger partial charge is 0.394 e. The standard InChI is InChI=1S/C77H135NO3/c1-3-5-7-9-11-13-15-17-19-21-23-25-27-29-31-33-35-36-37-38-39-40-41-42-43-45-47-49-51-53-55-57-59-61-63-65-67-69-71-73-77(81)78-75(74-79)76(80)72-70-68-66-64-62-60-58-56-54-52-50-48-46-44-34-32-30-28-26-24-22-20-18-16-14-12-10-8-6-4-2/h5,7,11,13,17,19,23,25,29,31,35-36,38-39,41-42,45,47,70,72,75-76,79-80H,3-4,6,8-10,12,14-16,18,20-22,24,26-28,30,32-34,37,40,43-44,46,48-69,71,73-74H2,1-2H3,(H,78,81)/b7-5-,13-11-,19-17-,25-23-,31-29-,36-35-,39-38-,42-41-,47-45-,72-70+. The predicted octanol–water partition coefficient (Wildman–Crippen LogP) is 24.3. The lowest BCUT2D eigenvalue weighted by molar-refractivity contribution is -0.123. The number of hydrogen-bond donors (Lipinski definition) is 3. The molecule has 0 aliphatic rings. The molecule has 4 heteroatoms. The molecule has 0 radical (unpaired) electrons. The van der Waals surface area contributed by atoms with Crippen molar-refractivity contribution in [1.29, 1.82) is 0 Å². The van der Waals surface area contributed by atoms with Crippen LogP contribution >= 0.6 is 0 Å². The molecule has 0 aliphatic heterocycles. The average molecular weight is 1120 g/mol. The number of rotatable bonds is 64. The molecule has 0 aromatic rings. The van der Waals surface area contributed by atoms with Crippen molar-refractivity contribution in [3.05, 3.63) is 122 Å². The van der Waals surface area contributed by atoms with Crippen molar-refractivity contribution in [2.45, 2.75) is 353 Å². The lowest BCUT2D eigenvalue weighted by atomic mass is 10.0. The van der Waals surface area contributed by atoms with E-state index in [1.165, 1.54) is 238 Å². The molecule has 1 amide bonds. The highest BCUT2D eigenvalue weighted by Gasteiger charge is 2.18. The molecule has 0 heterocycles. The molecule has 0 rings (SSSR count). The Balaban J connectivity index is 3.53. The molecule has 0 saturated heterocycles. The van der Waals surface area contributed by atoms with Gasteiger partial charge in [-0.05, 0) is 89.9 Å². The van der Waals surface area contributed by atoms with Gasteiger partial charge in [-0.15, -0.1) is 0 Å². The van der Waals surface area contributed by atoms with Crippen LogP contribution in [0.3, 0.4) is 0 Å². The number of nitrogens with one attached hydrogen (secondary N) is 1. The molecule has 3 N–H and O–H groups in total. The minimum atomic E-state index is -0.850. The van der Waals surface area contributed by atoms with Crippen LogP contribution in [0, 0.1) is 0 Å². The highest BCUT2D eigenvalue weighted by atomic mass is 16.3. The predicted molar refractivity (Wildman–Crippen MR) is 363 cm³/mol. The van der Waals surface area contributed by atoms with E-state index in [1.807, 2.05) is 6.08 Å². The lowest BCUT2D eigenvalue weighted by Gasteiger charge is -2.20. The topological polar surface area (TPSA) is 69.6 Å². The van der Waals surface area contributed by atoms with Crippen molar-refractivity contribution in [3.8, 4) is 0 Å². The summed E-state index contributed by atoms with van der Waals surface area (Å²) < 4.78 is 0. The Bertz CT molecular complexity index is 1560. The summed E-state index contributed by atoms with van der Waals surface area (Å²) in [4.78, 5) is 12.5. The maximum absolute atomic E-state index is 12.5. The molecule has 0 bridgehead atoms. The molecule has 0 fully saturated rings. The van der Waals surface area contributed by atoms with Crippen molar-refractivity contribution in [2.75, 3.05) is 6.61 Å². The number of unbranched alkanes of at least 4 members (excludes halogenated alkanes) is 39. The summed E-state index contributed by atoms with van der Waals surface area (Å²) in [6.07, 6.45) is 108. The summed E-state index contributed by atoms with van der Waals surface area (Å²) in [7, 11) is 0. The van der Waals surface area contributed by atoms with Gasteiger partial charge in [0.15, 0.2) is 0 Å². The van der Waals surface area contributed by atoms with Crippen molar-refractivity contribution in [1.82, 2.24) is 5.32 Å². The quantitative estimate of drug-likeness (QED) is 0.0420. The third-order valence-corrected chi connectivity index (χ3v) is 15.7. The van der Waals surface area contributed by atoms with Gasteiger partial charge >= 0.3 is 0 Å². The SMILES string of the molecule is CC/C=C\C/C=C\C/C=C\C/C=C\C/C=C\C/C=C\C/C=C\C/C=C\C/C=C\CCCCCCCCCCCCCC(=O)NC(CO)C(O)/C=C/CCCCCCCCCCCCCCCCCCCCCCCCCCCCCC. The number of aliphatic hydroxyl groups is 2. The first-order valence-electron chi connectivity index (χ1n) is 35.2. The monoisotopic (exact) mass is 1120 g/mol. The number of aliphatic hydroxyl groups excluding tert-OH is 2. The summed E-state index contributed by atoms with van der Waals surface area (Å²) in [5.41, 5.74) is 0. The van der Waals surface area contributed by atoms with E-state index < -0.39 is 12.1 Å². The van der Waals surface area contributed by atoms with Gasteiger partial charge in [0.05, 0.1) is 18.8 Å². The second kappa shape index (κ2) is 71.1. The third kappa shape index (κ3) is 67.5. The van der Waals surface area contributed by atoms with Crippen LogP contribution in [0.2, 0.25) is 0 Å². The zero-order chi connectivity index (χ0) is 58.4. The molecular formula is C77H135NO3. The number of carbonyl (C=O) groups is 1. The summed E-state index contributed by atoms with van der Waals surface area (Å²) >= 11 is 0. The summed E-state index contributed by atoms with van der Waals surface area (Å²) in [6.45, 7) is 4.22. The first kappa shape index (κ1) is 77.8. The van der Waals surface area contributed by atoms with E-state index in [2.05, 4.69) is 129 Å². The van der Waals surface area contributed by atoms with Gasteiger partial charge in [-0.1, -0.05) is 367 Å². The minimum absolute atomic E-state index is 0.0677. The van der Waals surface area contributed by atoms with E-state index >= 15 is 0 Å². The first-order valence-corrected chi connectivity index (χ1v) is 35.2. The van der Waals surface area contributed by atoms with Crippen molar-refractivity contribution < 1.29 is 15.0 Å². The average Bonchev–Trinajstić information content (AvgIpc) is 3.47. The van der Waals surface area contributed by atoms with Crippen LogP contribution in [0.4, 0.5) is 0 Å². The van der Waals surface area contributed by atoms with Gasteiger partial charge in [0.1, 0.15) is 0 Å². The van der Waals surface area contributed by atoms with Crippen LogP contribution in [0.1, 0.15) is 341 Å². The number of hydrogen-bond acceptors (Lipinski definition) is 3. The van der Waals surface area contributed by atoms with Crippen LogP contribution in [-0.2, 0) is 4.79 Å². The van der Waals surface area contributed by atoms with Gasteiger partial charge in [0.25, 0.3) is 0 Å². The van der Waals surface area contributed by atoms with E-state index in [1.54, 1.807) is 6.08 Å². The second-order valence-corrected chi connectivity index (χ2v) is 23.6. The van der Waals surface area contributed by atoms with Gasteiger partial charge in [0, 0.05) is 6.42 Å². The zero-order valence-electron chi connectivity index (χ0n) is 53.8. The van der Waals surface area contributed by atoms with E-state index in [9.17, 15) is 15.0 Å². The maximum Gasteiger partial charge on any atom is 0.220 e. The molecule has 0 spiro atoms. The van der Waals surface area contributed by atoms with Gasteiger partial charge in [0.2, 0.25) is 5.91 Å². The normalized spacial score (nSPS) is 13.5. The lowest BCUT2D eigenvalue weighted by Crippen LogP contribution is -2.45. The van der Waals surface area contributed by atoms with Gasteiger partial charge in [-0.25, -0.2) is 0 Å². The van der Waals surface area contributed by atoms with E-state index in [4.69, 9.17) is 0 Å². The highest BCUT2D eigenvalue weighted by Crippen LogP contribution is 2.18. The number of allylic oxidation sites excluding steroid dienone is 19. The molecule has 81 heavy (non-hydrogen) atoms. The Morgan fingerprint density at radius 3 is 0.815 bits per heavy atom. The van der Waals surface area contributed by atoms with Crippen LogP contribution in [0.25, 0.3) is 0 Å². The Morgan fingerprint density at radius 2 is 0.543 bits per heavy atom. The molecule has 0 aliphatic carbocycles. The number of carbonyl (C=O) groups excluding carboxylic acids is 1. The van der Waals surface area contributed by atoms with Gasteiger partial charge < -0.3 is 15.5 Å². The fourth-order valence-corrected chi connectivity index (χ4v) is 10.4. The second-order valence-electron chi connectivity index (χ2n) is 23.6. The van der Waals surface area contributed by atoms with Crippen LogP contribution < -0.4 is 5.32 Å². The van der Waals surface area contributed by atoms with Crippen molar-refractivity contribution >= 4 is 5.91 Å². The smallest absolute Gasteiger partial charge is 0.220 e. The van der Waals surface area contributed by atoms with Crippen LogP contribution in [-0.4, -0.2) is 34.9 Å². The van der Waals surface area contributed by atoms with E-state index in [0.717, 1.165) is 83.5 Å². The van der Waals surface area contributed by atoms with Crippen molar-refractivity contribution in [3.63, 3.8) is 0 Å². The molecular weight excluding hydrogens is 987 g/mol. The minimum Gasteiger partial charge on any atom is -0.394 e. The summed E-state index contributed by atoms with van der Waals surface area (Å²) in [5, 5.41) is 23.3.